The van der Waals surface area contributed by atoms with Crippen molar-refractivity contribution in [2.24, 2.45) is 5.84 Å². The van der Waals surface area contributed by atoms with Gasteiger partial charge >= 0.3 is 0 Å². The molecule has 3 rings (SSSR count). The number of nitrogens with one attached hydrogen (secondary N) is 1. The lowest BCUT2D eigenvalue weighted by Gasteiger charge is -2.09. The van der Waals surface area contributed by atoms with Gasteiger partial charge < -0.3 is 8.83 Å². The number of rotatable bonds is 3. The van der Waals surface area contributed by atoms with Gasteiger partial charge in [-0.2, -0.15) is 0 Å². The highest BCUT2D eigenvalue weighted by molar-refractivity contribution is 6.28. The molecule has 1 aromatic carbocycles. The first kappa shape index (κ1) is 12.3. The van der Waals surface area contributed by atoms with Gasteiger partial charge in [-0.05, 0) is 42.3 Å². The third-order valence-electron chi connectivity index (χ3n) is 3.09. The number of nitrogens with two attached hydrogens (primary N) is 1. The number of aryl methyl sites for hydroxylation is 1. The van der Waals surface area contributed by atoms with Gasteiger partial charge in [0.05, 0.1) is 0 Å². The van der Waals surface area contributed by atoms with Gasteiger partial charge in [-0.3, -0.25) is 5.84 Å². The molecule has 2 heterocycles. The SMILES string of the molecule is Cc1cccc2cc(C(NN)c3ccc(Cl)o3)oc12. The Bertz CT molecular complexity index is 717. The van der Waals surface area contributed by atoms with Crippen molar-refractivity contribution in [3.05, 3.63) is 58.7 Å². The van der Waals surface area contributed by atoms with Crippen molar-refractivity contribution in [2.75, 3.05) is 0 Å². The molecule has 0 radical (unpaired) electrons. The highest BCUT2D eigenvalue weighted by Gasteiger charge is 2.21. The van der Waals surface area contributed by atoms with Crippen LogP contribution in [0.2, 0.25) is 5.22 Å². The Kier molecular flexibility index (Phi) is 3.06. The molecule has 0 aliphatic rings. The van der Waals surface area contributed by atoms with E-state index >= 15 is 0 Å². The van der Waals surface area contributed by atoms with Crippen LogP contribution in [0, 0.1) is 6.92 Å². The van der Waals surface area contributed by atoms with Crippen molar-refractivity contribution < 1.29 is 8.83 Å². The number of halogens is 1. The Morgan fingerprint density at radius 2 is 2.00 bits per heavy atom. The molecule has 19 heavy (non-hydrogen) atoms. The van der Waals surface area contributed by atoms with Gasteiger partial charge in [-0.15, -0.1) is 0 Å². The topological polar surface area (TPSA) is 64.3 Å². The molecule has 4 nitrogen and oxygen atoms in total. The van der Waals surface area contributed by atoms with Crippen LogP contribution in [0.15, 0.2) is 45.2 Å². The Morgan fingerprint density at radius 1 is 1.16 bits per heavy atom. The van der Waals surface area contributed by atoms with Gasteiger partial charge in [0.15, 0.2) is 5.22 Å². The number of fused-ring (bicyclic) bond motifs is 1. The fourth-order valence-electron chi connectivity index (χ4n) is 2.16. The summed E-state index contributed by atoms with van der Waals surface area (Å²) in [5.74, 6) is 6.90. The average molecular weight is 277 g/mol. The van der Waals surface area contributed by atoms with Gasteiger partial charge in [-0.25, -0.2) is 5.43 Å². The lowest BCUT2D eigenvalue weighted by atomic mass is 10.1. The summed E-state index contributed by atoms with van der Waals surface area (Å²) in [4.78, 5) is 0. The molecule has 2 aromatic heterocycles. The van der Waals surface area contributed by atoms with E-state index in [0.717, 1.165) is 16.5 Å². The molecular weight excluding hydrogens is 264 g/mol. The van der Waals surface area contributed by atoms with Crippen LogP contribution in [-0.4, -0.2) is 0 Å². The van der Waals surface area contributed by atoms with Crippen molar-refractivity contribution in [1.29, 1.82) is 0 Å². The van der Waals surface area contributed by atoms with Crippen LogP contribution in [-0.2, 0) is 0 Å². The predicted molar refractivity (Wildman–Crippen MR) is 73.8 cm³/mol. The smallest absolute Gasteiger partial charge is 0.193 e. The zero-order valence-electron chi connectivity index (χ0n) is 10.3. The fraction of sp³-hybridized carbons (Fsp3) is 0.143. The van der Waals surface area contributed by atoms with Gasteiger partial charge in [0.2, 0.25) is 0 Å². The molecular formula is C14H13ClN2O2. The van der Waals surface area contributed by atoms with Crippen molar-refractivity contribution in [1.82, 2.24) is 5.43 Å². The highest BCUT2D eigenvalue weighted by atomic mass is 35.5. The van der Waals surface area contributed by atoms with Gasteiger partial charge in [0.1, 0.15) is 23.1 Å². The molecule has 0 amide bonds. The summed E-state index contributed by atoms with van der Waals surface area (Å²) in [5, 5.41) is 1.36. The van der Waals surface area contributed by atoms with E-state index in [9.17, 15) is 0 Å². The third-order valence-corrected chi connectivity index (χ3v) is 3.29. The van der Waals surface area contributed by atoms with Crippen molar-refractivity contribution >= 4 is 22.6 Å². The first-order chi connectivity index (χ1) is 9.19. The van der Waals surface area contributed by atoms with Crippen LogP contribution >= 0.6 is 11.6 Å². The minimum absolute atomic E-state index is 0.322. The maximum Gasteiger partial charge on any atom is 0.193 e. The number of hydrogen-bond acceptors (Lipinski definition) is 4. The summed E-state index contributed by atoms with van der Waals surface area (Å²) in [5.41, 5.74) is 4.62. The van der Waals surface area contributed by atoms with Gasteiger partial charge in [0, 0.05) is 5.39 Å². The normalized spacial score (nSPS) is 13.0. The zero-order chi connectivity index (χ0) is 13.4. The summed E-state index contributed by atoms with van der Waals surface area (Å²) < 4.78 is 11.3. The highest BCUT2D eigenvalue weighted by Crippen LogP contribution is 2.30. The number of furan rings is 2. The number of hydrogen-bond donors (Lipinski definition) is 2. The fourth-order valence-corrected chi connectivity index (χ4v) is 2.31. The molecule has 0 bridgehead atoms. The number of hydrazine groups is 1. The second-order valence-electron chi connectivity index (χ2n) is 4.38. The number of para-hydroxylation sites is 1. The first-order valence-electron chi connectivity index (χ1n) is 5.89. The lowest BCUT2D eigenvalue weighted by molar-refractivity contribution is 0.404. The van der Waals surface area contributed by atoms with Crippen molar-refractivity contribution in [2.45, 2.75) is 13.0 Å². The monoisotopic (exact) mass is 276 g/mol. The van der Waals surface area contributed by atoms with Gasteiger partial charge in [-0.1, -0.05) is 18.2 Å². The molecule has 0 fully saturated rings. The van der Waals surface area contributed by atoms with Crippen molar-refractivity contribution in [3.8, 4) is 0 Å². The van der Waals surface area contributed by atoms with E-state index in [1.807, 2.05) is 31.2 Å². The number of benzene rings is 1. The molecule has 5 heteroatoms. The molecule has 0 spiro atoms. The summed E-state index contributed by atoms with van der Waals surface area (Å²) >= 11 is 5.79. The predicted octanol–water partition coefficient (Wildman–Crippen LogP) is 3.54. The minimum atomic E-state index is -0.362. The zero-order valence-corrected chi connectivity index (χ0v) is 11.1. The van der Waals surface area contributed by atoms with Gasteiger partial charge in [0.25, 0.3) is 0 Å². The summed E-state index contributed by atoms with van der Waals surface area (Å²) in [7, 11) is 0. The molecule has 0 saturated carbocycles. The molecule has 3 aromatic rings. The maximum absolute atomic E-state index is 5.87. The Labute approximate surface area is 115 Å². The standard InChI is InChI=1S/C14H13ClN2O2/c1-8-3-2-4-9-7-11(19-14(8)9)13(17-16)10-5-6-12(15)18-10/h2-7,13,17H,16H2,1H3. The average Bonchev–Trinajstić information content (AvgIpc) is 2.98. The second kappa shape index (κ2) is 4.74. The molecule has 0 saturated heterocycles. The van der Waals surface area contributed by atoms with E-state index in [1.165, 1.54) is 0 Å². The van der Waals surface area contributed by atoms with Crippen LogP contribution in [0.25, 0.3) is 11.0 Å². The van der Waals surface area contributed by atoms with E-state index in [1.54, 1.807) is 12.1 Å². The lowest BCUT2D eigenvalue weighted by Crippen LogP contribution is -2.28. The van der Waals surface area contributed by atoms with Crippen molar-refractivity contribution in [3.63, 3.8) is 0 Å². The van der Waals surface area contributed by atoms with Crippen LogP contribution < -0.4 is 11.3 Å². The van der Waals surface area contributed by atoms with E-state index in [-0.39, 0.29) is 6.04 Å². The molecule has 98 valence electrons. The Morgan fingerprint density at radius 3 is 2.63 bits per heavy atom. The molecule has 1 atom stereocenters. The van der Waals surface area contributed by atoms with Crippen LogP contribution in [0.1, 0.15) is 23.1 Å². The largest absolute Gasteiger partial charge is 0.459 e. The maximum atomic E-state index is 5.87. The summed E-state index contributed by atoms with van der Waals surface area (Å²) in [6.45, 7) is 2.00. The first-order valence-corrected chi connectivity index (χ1v) is 6.27. The molecule has 1 unspecified atom stereocenters. The Hall–Kier alpha value is -1.75. The van der Waals surface area contributed by atoms with Crippen LogP contribution in [0.5, 0.6) is 0 Å². The quantitative estimate of drug-likeness (QED) is 0.567. The molecule has 0 aliphatic heterocycles. The second-order valence-corrected chi connectivity index (χ2v) is 4.76. The third kappa shape index (κ3) is 2.14. The van der Waals surface area contributed by atoms with E-state index < -0.39 is 0 Å². The summed E-state index contributed by atoms with van der Waals surface area (Å²) in [6, 6.07) is 11.0. The van der Waals surface area contributed by atoms with Crippen LogP contribution in [0.3, 0.4) is 0 Å². The summed E-state index contributed by atoms with van der Waals surface area (Å²) in [6.07, 6.45) is 0. The Balaban J connectivity index is 2.09. The van der Waals surface area contributed by atoms with E-state index in [4.69, 9.17) is 26.3 Å². The minimum Gasteiger partial charge on any atom is -0.459 e. The van der Waals surface area contributed by atoms with E-state index in [0.29, 0.717) is 16.7 Å². The van der Waals surface area contributed by atoms with E-state index in [2.05, 4.69) is 5.43 Å². The molecule has 3 N–H and O–H groups in total. The van der Waals surface area contributed by atoms with Crippen LogP contribution in [0.4, 0.5) is 0 Å². The molecule has 0 aliphatic carbocycles.